The first-order valence-electron chi connectivity index (χ1n) is 12.0. The van der Waals surface area contributed by atoms with E-state index in [0.29, 0.717) is 41.4 Å². The van der Waals surface area contributed by atoms with Crippen molar-refractivity contribution in [2.24, 2.45) is 0 Å². The predicted octanol–water partition coefficient (Wildman–Crippen LogP) is 2.55. The lowest BCUT2D eigenvalue weighted by molar-refractivity contribution is -0.695. The number of nitrogens with zero attached hydrogens (tertiary/aromatic N) is 2. The number of para-hydroxylation sites is 1. The summed E-state index contributed by atoms with van der Waals surface area (Å²) in [5.74, 6) is -1.22. The lowest BCUT2D eigenvalue weighted by Crippen LogP contribution is -2.37. The van der Waals surface area contributed by atoms with Gasteiger partial charge in [0.05, 0.1) is 33.9 Å². The molecule has 1 atom stereocenters. The summed E-state index contributed by atoms with van der Waals surface area (Å²) in [6, 6.07) is 11.1. The molecule has 10 nitrogen and oxygen atoms in total. The second-order valence-corrected chi connectivity index (χ2v) is 8.78. The average Bonchev–Trinajstić information content (AvgIpc) is 3.67. The molecule has 0 saturated heterocycles. The SMILES string of the molecule is COc1cc(C2C(C(=O)c3cc4ccccc4o3)=C([O-])C(=O)N2CCC[n+]2cc[nH]c2)cc(OC)c1OC. The fraction of sp³-hybridized carbons (Fsp3) is 0.250. The molecule has 2 aromatic carbocycles. The first kappa shape index (κ1) is 24.9. The zero-order valence-corrected chi connectivity index (χ0v) is 21.2. The van der Waals surface area contributed by atoms with Crippen LogP contribution in [0.5, 0.6) is 17.2 Å². The molecule has 0 radical (unpaired) electrons. The minimum Gasteiger partial charge on any atom is -0.868 e. The summed E-state index contributed by atoms with van der Waals surface area (Å²) in [7, 11) is 4.43. The Bertz CT molecular complexity index is 1460. The van der Waals surface area contributed by atoms with Gasteiger partial charge in [0.25, 0.3) is 0 Å². The van der Waals surface area contributed by atoms with Crippen LogP contribution in [0.3, 0.4) is 0 Å². The number of carbonyl (C=O) groups is 2. The fourth-order valence-electron chi connectivity index (χ4n) is 4.82. The van der Waals surface area contributed by atoms with Gasteiger partial charge in [-0.15, -0.1) is 0 Å². The molecule has 1 amide bonds. The van der Waals surface area contributed by atoms with E-state index >= 15 is 0 Å². The van der Waals surface area contributed by atoms with Crippen LogP contribution in [0.4, 0.5) is 0 Å². The number of carbonyl (C=O) groups excluding carboxylic acids is 2. The van der Waals surface area contributed by atoms with Crippen molar-refractivity contribution < 1.29 is 37.9 Å². The number of nitrogens with one attached hydrogen (secondary N) is 1. The summed E-state index contributed by atoms with van der Waals surface area (Å²) >= 11 is 0. The first-order chi connectivity index (χ1) is 18.5. The van der Waals surface area contributed by atoms with Crippen molar-refractivity contribution in [2.45, 2.75) is 19.0 Å². The van der Waals surface area contributed by atoms with Crippen molar-refractivity contribution in [1.82, 2.24) is 9.88 Å². The van der Waals surface area contributed by atoms with Crippen LogP contribution < -0.4 is 23.9 Å². The Hall–Kier alpha value is -4.73. The van der Waals surface area contributed by atoms with Gasteiger partial charge in [0.1, 0.15) is 18.0 Å². The van der Waals surface area contributed by atoms with Gasteiger partial charge in [-0.3, -0.25) is 14.6 Å². The molecular formula is C28H27N3O7. The highest BCUT2D eigenvalue weighted by atomic mass is 16.5. The van der Waals surface area contributed by atoms with Crippen LogP contribution >= 0.6 is 0 Å². The van der Waals surface area contributed by atoms with Gasteiger partial charge < -0.3 is 28.6 Å². The van der Waals surface area contributed by atoms with E-state index in [1.54, 1.807) is 42.9 Å². The van der Waals surface area contributed by atoms with Gasteiger partial charge in [-0.1, -0.05) is 18.2 Å². The Morgan fingerprint density at radius 3 is 2.47 bits per heavy atom. The highest BCUT2D eigenvalue weighted by molar-refractivity contribution is 6.15. The number of furan rings is 1. The third kappa shape index (κ3) is 4.34. The standard InChI is InChI=1S/C28H27N3O7/c1-35-21-14-18(15-22(36-2)27(21)37-3)24-23(25(32)20-13-17-7-4-5-8-19(17)38-20)26(33)28(34)31(24)11-6-10-30-12-9-29-16-30/h4-5,7-9,12-16,24H,6,10-11H2,1-3H3,(H,32,33). The number of ketones is 1. The number of aryl methyl sites for hydroxylation is 1. The molecule has 1 aliphatic heterocycles. The number of hydrogen-bond donors (Lipinski definition) is 1. The van der Waals surface area contributed by atoms with Crippen LogP contribution in [-0.2, 0) is 11.3 Å². The van der Waals surface area contributed by atoms with E-state index in [0.717, 1.165) is 5.39 Å². The minimum absolute atomic E-state index is 0.00970. The number of aromatic amines is 1. The summed E-state index contributed by atoms with van der Waals surface area (Å²) < 4.78 is 24.2. The molecule has 38 heavy (non-hydrogen) atoms. The number of Topliss-reactive ketones (excluding diaryl/α,β-unsaturated/α-hetero) is 1. The molecule has 2 aromatic heterocycles. The molecule has 5 rings (SSSR count). The second-order valence-electron chi connectivity index (χ2n) is 8.78. The van der Waals surface area contributed by atoms with Gasteiger partial charge in [-0.05, 0) is 35.6 Å². The number of rotatable bonds is 10. The Kier molecular flexibility index (Phi) is 6.78. The molecule has 3 heterocycles. The fourth-order valence-corrected chi connectivity index (χ4v) is 4.82. The maximum absolute atomic E-state index is 13.8. The number of amides is 1. The van der Waals surface area contributed by atoms with Gasteiger partial charge in [-0.25, -0.2) is 4.57 Å². The van der Waals surface area contributed by atoms with Crippen molar-refractivity contribution in [3.63, 3.8) is 0 Å². The third-order valence-corrected chi connectivity index (χ3v) is 6.60. The highest BCUT2D eigenvalue weighted by Gasteiger charge is 2.41. The minimum atomic E-state index is -0.972. The van der Waals surface area contributed by atoms with E-state index in [1.807, 2.05) is 22.9 Å². The zero-order chi connectivity index (χ0) is 26.8. The smallest absolute Gasteiger partial charge is 0.241 e. The van der Waals surface area contributed by atoms with Crippen molar-refractivity contribution >= 4 is 22.7 Å². The molecule has 0 fully saturated rings. The molecular weight excluding hydrogens is 490 g/mol. The Labute approximate surface area is 218 Å². The van der Waals surface area contributed by atoms with Crippen molar-refractivity contribution in [1.29, 1.82) is 0 Å². The Balaban J connectivity index is 1.58. The van der Waals surface area contributed by atoms with E-state index in [1.165, 1.54) is 26.2 Å². The lowest BCUT2D eigenvalue weighted by atomic mass is 9.94. The normalized spacial score (nSPS) is 15.4. The third-order valence-electron chi connectivity index (χ3n) is 6.60. The molecule has 196 valence electrons. The van der Waals surface area contributed by atoms with Gasteiger partial charge in [0, 0.05) is 23.9 Å². The van der Waals surface area contributed by atoms with E-state index in [2.05, 4.69) is 4.98 Å². The number of methoxy groups -OCH3 is 3. The molecule has 0 aliphatic carbocycles. The van der Waals surface area contributed by atoms with Gasteiger partial charge >= 0.3 is 0 Å². The Morgan fingerprint density at radius 2 is 1.84 bits per heavy atom. The Morgan fingerprint density at radius 1 is 1.11 bits per heavy atom. The monoisotopic (exact) mass is 517 g/mol. The van der Waals surface area contributed by atoms with E-state index in [4.69, 9.17) is 18.6 Å². The lowest BCUT2D eigenvalue weighted by Gasteiger charge is -2.28. The van der Waals surface area contributed by atoms with E-state index in [9.17, 15) is 14.7 Å². The summed E-state index contributed by atoms with van der Waals surface area (Å²) in [5.41, 5.74) is 0.808. The van der Waals surface area contributed by atoms with Gasteiger partial charge in [0.15, 0.2) is 17.3 Å². The first-order valence-corrected chi connectivity index (χ1v) is 12.0. The number of benzene rings is 2. The summed E-state index contributed by atoms with van der Waals surface area (Å²) in [6.45, 7) is 0.845. The van der Waals surface area contributed by atoms with Crippen LogP contribution in [0.2, 0.25) is 0 Å². The van der Waals surface area contributed by atoms with Crippen LogP contribution in [-0.4, -0.2) is 49.4 Å². The number of fused-ring (bicyclic) bond motifs is 1. The second kappa shape index (κ2) is 10.3. The summed E-state index contributed by atoms with van der Waals surface area (Å²) in [6.07, 6.45) is 6.02. The number of hydrogen-bond acceptors (Lipinski definition) is 7. The van der Waals surface area contributed by atoms with Crippen LogP contribution in [0, 0.1) is 0 Å². The van der Waals surface area contributed by atoms with Crippen LogP contribution in [0.15, 0.2) is 76.9 Å². The predicted molar refractivity (Wildman–Crippen MR) is 134 cm³/mol. The summed E-state index contributed by atoms with van der Waals surface area (Å²) in [5, 5.41) is 14.1. The molecule has 1 N–H and O–H groups in total. The summed E-state index contributed by atoms with van der Waals surface area (Å²) in [4.78, 5) is 31.5. The van der Waals surface area contributed by atoms with E-state index in [-0.39, 0.29) is 17.9 Å². The van der Waals surface area contributed by atoms with Crippen molar-refractivity contribution in [3.8, 4) is 17.2 Å². The maximum atomic E-state index is 13.8. The topological polar surface area (TPSA) is 121 Å². The maximum Gasteiger partial charge on any atom is 0.241 e. The van der Waals surface area contributed by atoms with Gasteiger partial charge in [0.2, 0.25) is 23.8 Å². The van der Waals surface area contributed by atoms with E-state index < -0.39 is 23.5 Å². The average molecular weight is 518 g/mol. The molecule has 10 heteroatoms. The number of H-pyrrole nitrogens is 1. The molecule has 0 spiro atoms. The number of ether oxygens (including phenoxy) is 3. The van der Waals surface area contributed by atoms with Crippen molar-refractivity contribution in [2.75, 3.05) is 27.9 Å². The molecule has 0 saturated carbocycles. The largest absolute Gasteiger partial charge is 0.868 e. The molecule has 4 aromatic rings. The van der Waals surface area contributed by atoms with Crippen LogP contribution in [0.25, 0.3) is 11.0 Å². The van der Waals surface area contributed by atoms with Gasteiger partial charge in [-0.2, -0.15) is 0 Å². The molecule has 1 unspecified atom stereocenters. The zero-order valence-electron chi connectivity index (χ0n) is 21.2. The number of imidazole rings is 1. The molecule has 1 aliphatic rings. The van der Waals surface area contributed by atoms with Crippen molar-refractivity contribution in [3.05, 3.63) is 83.8 Å². The number of aromatic nitrogens is 2. The van der Waals surface area contributed by atoms with Crippen LogP contribution in [0.1, 0.15) is 28.6 Å². The quantitative estimate of drug-likeness (QED) is 0.254. The highest BCUT2D eigenvalue weighted by Crippen LogP contribution is 2.45. The molecule has 0 bridgehead atoms.